The lowest BCUT2D eigenvalue weighted by Gasteiger charge is -2.16. The van der Waals surface area contributed by atoms with E-state index in [1.54, 1.807) is 11.9 Å². The van der Waals surface area contributed by atoms with E-state index in [4.69, 9.17) is 0 Å². The number of benzene rings is 1. The zero-order valence-electron chi connectivity index (χ0n) is 10.4. The molecule has 1 fully saturated rings. The summed E-state index contributed by atoms with van der Waals surface area (Å²) in [6, 6.07) is 8.54. The molecule has 17 heavy (non-hydrogen) atoms. The van der Waals surface area contributed by atoms with Crippen molar-refractivity contribution in [3.63, 3.8) is 0 Å². The van der Waals surface area contributed by atoms with Crippen molar-refractivity contribution in [2.75, 3.05) is 20.1 Å². The Labute approximate surface area is 103 Å². The number of rotatable bonds is 5. The first kappa shape index (κ1) is 12.1. The fourth-order valence-corrected chi connectivity index (χ4v) is 2.35. The number of carbonyl (C=O) groups excluding carboxylic acids is 1. The van der Waals surface area contributed by atoms with Crippen LogP contribution in [-0.2, 0) is 17.9 Å². The van der Waals surface area contributed by atoms with E-state index < -0.39 is 0 Å². The average molecular weight is 232 g/mol. The third-order valence-electron chi connectivity index (χ3n) is 3.21. The number of hydrogen-bond acceptors (Lipinski definition) is 2. The molecule has 1 heterocycles. The number of likely N-dealkylation sites (tertiary alicyclic amines) is 1. The Kier molecular flexibility index (Phi) is 4.15. The molecule has 1 saturated heterocycles. The van der Waals surface area contributed by atoms with Crippen LogP contribution in [0.15, 0.2) is 24.3 Å². The maximum absolute atomic E-state index is 10.6. The van der Waals surface area contributed by atoms with Crippen molar-refractivity contribution < 1.29 is 4.79 Å². The smallest absolute Gasteiger partial charge is 0.209 e. The third-order valence-corrected chi connectivity index (χ3v) is 3.21. The van der Waals surface area contributed by atoms with E-state index in [2.05, 4.69) is 29.2 Å². The molecule has 0 bridgehead atoms. The molecule has 0 saturated carbocycles. The topological polar surface area (TPSA) is 23.6 Å². The summed E-state index contributed by atoms with van der Waals surface area (Å²) < 4.78 is 0. The molecule has 2 rings (SSSR count). The van der Waals surface area contributed by atoms with Gasteiger partial charge >= 0.3 is 0 Å². The fourth-order valence-electron chi connectivity index (χ4n) is 2.35. The monoisotopic (exact) mass is 232 g/mol. The molecule has 3 heteroatoms. The van der Waals surface area contributed by atoms with Gasteiger partial charge in [0.1, 0.15) is 0 Å². The van der Waals surface area contributed by atoms with E-state index in [0.29, 0.717) is 6.54 Å². The van der Waals surface area contributed by atoms with Crippen molar-refractivity contribution >= 4 is 6.41 Å². The van der Waals surface area contributed by atoms with Crippen LogP contribution < -0.4 is 0 Å². The van der Waals surface area contributed by atoms with Crippen molar-refractivity contribution in [3.05, 3.63) is 35.4 Å². The molecule has 1 aromatic carbocycles. The van der Waals surface area contributed by atoms with Crippen molar-refractivity contribution in [1.82, 2.24) is 9.80 Å². The van der Waals surface area contributed by atoms with Crippen LogP contribution in [0.5, 0.6) is 0 Å². The second-order valence-electron chi connectivity index (χ2n) is 4.82. The van der Waals surface area contributed by atoms with Crippen molar-refractivity contribution in [3.8, 4) is 0 Å². The molecule has 0 atom stereocenters. The molecule has 92 valence electrons. The van der Waals surface area contributed by atoms with Gasteiger partial charge in [-0.05, 0) is 37.1 Å². The quantitative estimate of drug-likeness (QED) is 0.724. The number of carbonyl (C=O) groups is 1. The van der Waals surface area contributed by atoms with Gasteiger partial charge in [0.25, 0.3) is 0 Å². The highest BCUT2D eigenvalue weighted by Crippen LogP contribution is 2.14. The number of hydrogen-bond donors (Lipinski definition) is 0. The molecule has 0 unspecified atom stereocenters. The SMILES string of the molecule is CN(C=O)Cc1cccc(CN2CCCC2)c1. The Morgan fingerprint density at radius 3 is 2.71 bits per heavy atom. The molecule has 1 aliphatic rings. The first-order valence-electron chi connectivity index (χ1n) is 6.23. The zero-order valence-corrected chi connectivity index (χ0v) is 10.4. The first-order chi connectivity index (χ1) is 8.28. The van der Waals surface area contributed by atoms with Crippen LogP contribution >= 0.6 is 0 Å². The molecule has 1 amide bonds. The molecular weight excluding hydrogens is 212 g/mol. The van der Waals surface area contributed by atoms with E-state index in [1.807, 2.05) is 0 Å². The second-order valence-corrected chi connectivity index (χ2v) is 4.82. The van der Waals surface area contributed by atoms with Gasteiger partial charge in [-0.25, -0.2) is 0 Å². The second kappa shape index (κ2) is 5.82. The zero-order chi connectivity index (χ0) is 12.1. The van der Waals surface area contributed by atoms with Gasteiger partial charge in [0.15, 0.2) is 0 Å². The normalized spacial score (nSPS) is 16.1. The summed E-state index contributed by atoms with van der Waals surface area (Å²) in [4.78, 5) is 14.7. The minimum absolute atomic E-state index is 0.692. The van der Waals surface area contributed by atoms with Gasteiger partial charge < -0.3 is 4.90 Å². The Hall–Kier alpha value is -1.35. The molecule has 0 aromatic heterocycles. The molecule has 0 spiro atoms. The summed E-state index contributed by atoms with van der Waals surface area (Å²) in [7, 11) is 1.81. The fraction of sp³-hybridized carbons (Fsp3) is 0.500. The molecular formula is C14H20N2O. The van der Waals surface area contributed by atoms with Crippen LogP contribution in [0.25, 0.3) is 0 Å². The Bertz CT molecular complexity index is 372. The standard InChI is InChI=1S/C14H20N2O/c1-15(12-17)10-13-5-4-6-14(9-13)11-16-7-2-3-8-16/h4-6,9,12H,2-3,7-8,10-11H2,1H3. The van der Waals surface area contributed by atoms with Gasteiger partial charge in [-0.15, -0.1) is 0 Å². The van der Waals surface area contributed by atoms with E-state index in [-0.39, 0.29) is 0 Å². The van der Waals surface area contributed by atoms with Crippen LogP contribution in [0.1, 0.15) is 24.0 Å². The lowest BCUT2D eigenvalue weighted by molar-refractivity contribution is -0.117. The molecule has 0 aliphatic carbocycles. The summed E-state index contributed by atoms with van der Waals surface area (Å²) in [5, 5.41) is 0. The Morgan fingerprint density at radius 1 is 1.29 bits per heavy atom. The molecule has 1 aliphatic heterocycles. The number of nitrogens with zero attached hydrogens (tertiary/aromatic N) is 2. The van der Waals surface area contributed by atoms with Gasteiger partial charge in [-0.2, -0.15) is 0 Å². The highest BCUT2D eigenvalue weighted by Gasteiger charge is 2.11. The Balaban J connectivity index is 1.97. The maximum Gasteiger partial charge on any atom is 0.209 e. The van der Waals surface area contributed by atoms with E-state index >= 15 is 0 Å². The van der Waals surface area contributed by atoms with Gasteiger partial charge in [0.05, 0.1) is 0 Å². The van der Waals surface area contributed by atoms with Gasteiger partial charge in [-0.3, -0.25) is 9.69 Å². The molecule has 0 N–H and O–H groups in total. The lowest BCUT2D eigenvalue weighted by atomic mass is 10.1. The van der Waals surface area contributed by atoms with Gasteiger partial charge in [-0.1, -0.05) is 24.3 Å². The highest BCUT2D eigenvalue weighted by atomic mass is 16.1. The van der Waals surface area contributed by atoms with E-state index in [1.165, 1.54) is 37.1 Å². The minimum Gasteiger partial charge on any atom is -0.344 e. The molecule has 1 aromatic rings. The Morgan fingerprint density at radius 2 is 2.00 bits per heavy atom. The summed E-state index contributed by atoms with van der Waals surface area (Å²) >= 11 is 0. The van der Waals surface area contributed by atoms with Crippen LogP contribution in [0.4, 0.5) is 0 Å². The van der Waals surface area contributed by atoms with Crippen LogP contribution in [0.3, 0.4) is 0 Å². The predicted molar refractivity (Wildman–Crippen MR) is 68.5 cm³/mol. The summed E-state index contributed by atoms with van der Waals surface area (Å²) in [5.74, 6) is 0. The van der Waals surface area contributed by atoms with Crippen molar-refractivity contribution in [2.45, 2.75) is 25.9 Å². The molecule has 0 radical (unpaired) electrons. The lowest BCUT2D eigenvalue weighted by Crippen LogP contribution is -2.19. The van der Waals surface area contributed by atoms with Gasteiger partial charge in [0, 0.05) is 20.1 Å². The highest BCUT2D eigenvalue weighted by molar-refractivity contribution is 5.46. The largest absolute Gasteiger partial charge is 0.344 e. The predicted octanol–water partition coefficient (Wildman–Crippen LogP) is 1.87. The van der Waals surface area contributed by atoms with E-state index in [0.717, 1.165) is 13.0 Å². The summed E-state index contributed by atoms with van der Waals surface area (Å²) in [5.41, 5.74) is 2.56. The maximum atomic E-state index is 10.6. The van der Waals surface area contributed by atoms with Crippen LogP contribution in [-0.4, -0.2) is 36.3 Å². The third kappa shape index (κ3) is 3.56. The van der Waals surface area contributed by atoms with Crippen LogP contribution in [0, 0.1) is 0 Å². The van der Waals surface area contributed by atoms with Gasteiger partial charge in [0.2, 0.25) is 6.41 Å². The molecule has 3 nitrogen and oxygen atoms in total. The number of amides is 1. The van der Waals surface area contributed by atoms with Crippen molar-refractivity contribution in [1.29, 1.82) is 0 Å². The minimum atomic E-state index is 0.692. The summed E-state index contributed by atoms with van der Waals surface area (Å²) in [6.45, 7) is 4.17. The first-order valence-corrected chi connectivity index (χ1v) is 6.23. The van der Waals surface area contributed by atoms with E-state index in [9.17, 15) is 4.79 Å². The van der Waals surface area contributed by atoms with Crippen molar-refractivity contribution in [2.24, 2.45) is 0 Å². The summed E-state index contributed by atoms with van der Waals surface area (Å²) in [6.07, 6.45) is 3.52. The average Bonchev–Trinajstić information content (AvgIpc) is 2.82. The van der Waals surface area contributed by atoms with Crippen LogP contribution in [0.2, 0.25) is 0 Å².